The molecule has 0 radical (unpaired) electrons. The third kappa shape index (κ3) is 2.05. The van der Waals surface area contributed by atoms with Crippen LogP contribution in [0.2, 0.25) is 5.02 Å². The van der Waals surface area contributed by atoms with Gasteiger partial charge in [-0.2, -0.15) is 0 Å². The predicted molar refractivity (Wildman–Crippen MR) is 61.0 cm³/mol. The first kappa shape index (κ1) is 10.2. The lowest BCUT2D eigenvalue weighted by Gasteiger charge is -1.97. The molecule has 0 amide bonds. The second-order valence-electron chi connectivity index (χ2n) is 3.75. The van der Waals surface area contributed by atoms with Gasteiger partial charge in [-0.1, -0.05) is 48.8 Å². The number of hydrogen-bond acceptors (Lipinski definition) is 2. The maximum Gasteiger partial charge on any atom is 0.139 e. The molecule has 0 spiro atoms. The van der Waals surface area contributed by atoms with Gasteiger partial charge in [0.05, 0.1) is 5.02 Å². The van der Waals surface area contributed by atoms with E-state index in [1.54, 1.807) is 0 Å². The fraction of sp³-hybridized carbons (Fsp3) is 0.250. The molecule has 3 heteroatoms. The van der Waals surface area contributed by atoms with Crippen molar-refractivity contribution in [2.45, 2.75) is 19.8 Å². The predicted octanol–water partition coefficient (Wildman–Crippen LogP) is 4.12. The van der Waals surface area contributed by atoms with Gasteiger partial charge in [0, 0.05) is 17.5 Å². The highest BCUT2D eigenvalue weighted by Gasteiger charge is 2.11. The van der Waals surface area contributed by atoms with Gasteiger partial charge in [0.15, 0.2) is 0 Å². The van der Waals surface area contributed by atoms with E-state index in [1.165, 1.54) is 0 Å². The van der Waals surface area contributed by atoms with E-state index in [2.05, 4.69) is 19.0 Å². The lowest BCUT2D eigenvalue weighted by molar-refractivity contribution is 0.373. The Kier molecular flexibility index (Phi) is 2.78. The van der Waals surface area contributed by atoms with Gasteiger partial charge in [-0.3, -0.25) is 0 Å². The van der Waals surface area contributed by atoms with E-state index in [4.69, 9.17) is 16.1 Å². The number of aromatic nitrogens is 1. The van der Waals surface area contributed by atoms with Crippen molar-refractivity contribution in [3.8, 4) is 11.3 Å². The van der Waals surface area contributed by atoms with Crippen molar-refractivity contribution in [1.29, 1.82) is 0 Å². The molecule has 0 saturated carbocycles. The number of benzene rings is 1. The average molecular weight is 222 g/mol. The molecular formula is C12H12ClNO. The molecule has 2 nitrogen and oxygen atoms in total. The number of rotatable bonds is 2. The molecule has 0 fully saturated rings. The smallest absolute Gasteiger partial charge is 0.139 e. The Hall–Kier alpha value is -1.28. The summed E-state index contributed by atoms with van der Waals surface area (Å²) in [6, 6.07) is 9.55. The van der Waals surface area contributed by atoms with Crippen molar-refractivity contribution in [3.05, 3.63) is 41.1 Å². The van der Waals surface area contributed by atoms with Gasteiger partial charge >= 0.3 is 0 Å². The van der Waals surface area contributed by atoms with Crippen LogP contribution < -0.4 is 0 Å². The Morgan fingerprint density at radius 2 is 2.00 bits per heavy atom. The zero-order valence-corrected chi connectivity index (χ0v) is 9.45. The zero-order chi connectivity index (χ0) is 10.8. The second kappa shape index (κ2) is 4.07. The summed E-state index contributed by atoms with van der Waals surface area (Å²) in [6.07, 6.45) is 0. The largest absolute Gasteiger partial charge is 0.361 e. The van der Waals surface area contributed by atoms with Gasteiger partial charge in [-0.25, -0.2) is 0 Å². The van der Waals surface area contributed by atoms with Gasteiger partial charge in [0.2, 0.25) is 0 Å². The second-order valence-corrected chi connectivity index (χ2v) is 4.16. The summed E-state index contributed by atoms with van der Waals surface area (Å²) >= 11 is 6.07. The van der Waals surface area contributed by atoms with Crippen molar-refractivity contribution in [3.63, 3.8) is 0 Å². The summed E-state index contributed by atoms with van der Waals surface area (Å²) in [5.41, 5.74) is 1.71. The van der Waals surface area contributed by atoms with Crippen LogP contribution in [0, 0.1) is 0 Å². The van der Waals surface area contributed by atoms with Crippen LogP contribution in [0.1, 0.15) is 25.5 Å². The van der Waals surface area contributed by atoms with Gasteiger partial charge in [0.1, 0.15) is 11.5 Å². The fourth-order valence-electron chi connectivity index (χ4n) is 1.36. The van der Waals surface area contributed by atoms with Crippen LogP contribution in [-0.4, -0.2) is 5.16 Å². The minimum absolute atomic E-state index is 0.341. The summed E-state index contributed by atoms with van der Waals surface area (Å²) in [6.45, 7) is 4.13. The molecule has 15 heavy (non-hydrogen) atoms. The molecular weight excluding hydrogens is 210 g/mol. The Bertz CT molecular complexity index is 462. The third-order valence-corrected chi connectivity index (χ3v) is 2.58. The van der Waals surface area contributed by atoms with Crippen LogP contribution in [-0.2, 0) is 0 Å². The van der Waals surface area contributed by atoms with Crippen molar-refractivity contribution >= 4 is 11.6 Å². The summed E-state index contributed by atoms with van der Waals surface area (Å²) in [5, 5.41) is 4.70. The van der Waals surface area contributed by atoms with Crippen molar-refractivity contribution < 1.29 is 4.52 Å². The number of hydrogen-bond donors (Lipinski definition) is 0. The SMILES string of the molecule is CC(C)c1cc(-c2ccccc2Cl)no1. The van der Waals surface area contributed by atoms with Crippen LogP contribution in [0.15, 0.2) is 34.9 Å². The highest BCUT2D eigenvalue weighted by Crippen LogP contribution is 2.28. The molecule has 1 heterocycles. The summed E-state index contributed by atoms with van der Waals surface area (Å²) in [4.78, 5) is 0. The molecule has 0 atom stereocenters. The molecule has 0 aliphatic heterocycles. The molecule has 1 aromatic carbocycles. The topological polar surface area (TPSA) is 26.0 Å². The minimum Gasteiger partial charge on any atom is -0.361 e. The lowest BCUT2D eigenvalue weighted by atomic mass is 10.1. The monoisotopic (exact) mass is 221 g/mol. The average Bonchev–Trinajstić information content (AvgIpc) is 2.67. The molecule has 0 aliphatic rings. The molecule has 0 saturated heterocycles. The van der Waals surface area contributed by atoms with Gasteiger partial charge < -0.3 is 4.52 Å². The van der Waals surface area contributed by atoms with Crippen LogP contribution in [0.4, 0.5) is 0 Å². The van der Waals surface area contributed by atoms with E-state index in [-0.39, 0.29) is 0 Å². The van der Waals surface area contributed by atoms with E-state index in [0.717, 1.165) is 17.0 Å². The molecule has 1 aromatic heterocycles. The van der Waals surface area contributed by atoms with E-state index in [0.29, 0.717) is 10.9 Å². The quantitative estimate of drug-likeness (QED) is 0.763. The maximum absolute atomic E-state index is 6.07. The molecule has 0 unspecified atom stereocenters. The standard InChI is InChI=1S/C12H12ClNO/c1-8(2)12-7-11(14-15-12)9-5-3-4-6-10(9)13/h3-8H,1-2H3. The fourth-order valence-corrected chi connectivity index (χ4v) is 1.59. The minimum atomic E-state index is 0.341. The first-order valence-corrected chi connectivity index (χ1v) is 5.28. The normalized spacial score (nSPS) is 10.9. The Morgan fingerprint density at radius 1 is 1.27 bits per heavy atom. The zero-order valence-electron chi connectivity index (χ0n) is 8.70. The molecule has 0 aliphatic carbocycles. The van der Waals surface area contributed by atoms with Crippen molar-refractivity contribution in [1.82, 2.24) is 5.16 Å². The molecule has 0 bridgehead atoms. The highest BCUT2D eigenvalue weighted by molar-refractivity contribution is 6.33. The first-order chi connectivity index (χ1) is 7.18. The van der Waals surface area contributed by atoms with E-state index in [1.807, 2.05) is 30.3 Å². The van der Waals surface area contributed by atoms with E-state index < -0.39 is 0 Å². The van der Waals surface area contributed by atoms with Gasteiger partial charge in [0.25, 0.3) is 0 Å². The van der Waals surface area contributed by atoms with Crippen LogP contribution in [0.3, 0.4) is 0 Å². The van der Waals surface area contributed by atoms with Crippen LogP contribution in [0.5, 0.6) is 0 Å². The molecule has 2 aromatic rings. The summed E-state index contributed by atoms with van der Waals surface area (Å²) in [7, 11) is 0. The maximum atomic E-state index is 6.07. The van der Waals surface area contributed by atoms with Crippen molar-refractivity contribution in [2.24, 2.45) is 0 Å². The Labute approximate surface area is 93.9 Å². The van der Waals surface area contributed by atoms with Crippen molar-refractivity contribution in [2.75, 3.05) is 0 Å². The Balaban J connectivity index is 2.42. The van der Waals surface area contributed by atoms with E-state index >= 15 is 0 Å². The van der Waals surface area contributed by atoms with Gasteiger partial charge in [-0.15, -0.1) is 0 Å². The highest BCUT2D eigenvalue weighted by atomic mass is 35.5. The van der Waals surface area contributed by atoms with Gasteiger partial charge in [-0.05, 0) is 6.07 Å². The first-order valence-electron chi connectivity index (χ1n) is 4.90. The third-order valence-electron chi connectivity index (χ3n) is 2.25. The van der Waals surface area contributed by atoms with Crippen LogP contribution in [0.25, 0.3) is 11.3 Å². The molecule has 0 N–H and O–H groups in total. The summed E-state index contributed by atoms with van der Waals surface area (Å²) in [5.74, 6) is 1.22. The molecule has 78 valence electrons. The van der Waals surface area contributed by atoms with E-state index in [9.17, 15) is 0 Å². The Morgan fingerprint density at radius 3 is 2.60 bits per heavy atom. The lowest BCUT2D eigenvalue weighted by Crippen LogP contribution is -1.81. The van der Waals surface area contributed by atoms with Crippen LogP contribution >= 0.6 is 11.6 Å². The number of nitrogens with zero attached hydrogens (tertiary/aromatic N) is 1. The molecule has 2 rings (SSSR count). The summed E-state index contributed by atoms with van der Waals surface area (Å²) < 4.78 is 5.23. The number of halogens is 1.